The monoisotopic (exact) mass is 394 g/mol. The standard InChI is InChI=1S/C22H35FO3Si/c1-21(2,3)25-20(24)15-14-18(23)19(16-17-12-10-9-11-13-17)26-27(7,8)22(4,5)6/h9-14,19H,15-16H2,1-8H3/b18-14-. The van der Waals surface area contributed by atoms with Crippen molar-refractivity contribution >= 4 is 14.3 Å². The van der Waals surface area contributed by atoms with Gasteiger partial charge in [0.15, 0.2) is 8.32 Å². The van der Waals surface area contributed by atoms with Crippen LogP contribution in [-0.4, -0.2) is 26.0 Å². The third-order valence-corrected chi connectivity index (χ3v) is 9.18. The minimum atomic E-state index is -2.18. The first kappa shape index (κ1) is 23.6. The quantitative estimate of drug-likeness (QED) is 0.408. The maximum absolute atomic E-state index is 15.0. The van der Waals surface area contributed by atoms with Crippen LogP contribution in [0.25, 0.3) is 0 Å². The predicted molar refractivity (Wildman–Crippen MR) is 112 cm³/mol. The number of rotatable bonds is 7. The largest absolute Gasteiger partial charge is 0.460 e. The molecule has 1 aromatic rings. The second-order valence-electron chi connectivity index (χ2n) is 9.44. The number of carbonyl (C=O) groups is 1. The Bertz CT molecular complexity index is 640. The Labute approximate surface area is 165 Å². The van der Waals surface area contributed by atoms with Gasteiger partial charge in [-0.2, -0.15) is 0 Å². The molecule has 0 heterocycles. The van der Waals surface area contributed by atoms with Gasteiger partial charge in [0.1, 0.15) is 17.5 Å². The molecule has 0 bridgehead atoms. The highest BCUT2D eigenvalue weighted by molar-refractivity contribution is 6.74. The molecule has 5 heteroatoms. The summed E-state index contributed by atoms with van der Waals surface area (Å²) in [6, 6.07) is 9.72. The zero-order valence-corrected chi connectivity index (χ0v) is 19.1. The van der Waals surface area contributed by atoms with Gasteiger partial charge in [-0.1, -0.05) is 51.1 Å². The molecule has 0 fully saturated rings. The highest BCUT2D eigenvalue weighted by Crippen LogP contribution is 2.38. The fraction of sp³-hybridized carbons (Fsp3) is 0.591. The van der Waals surface area contributed by atoms with Crippen LogP contribution in [0.3, 0.4) is 0 Å². The molecule has 1 unspecified atom stereocenters. The third-order valence-electron chi connectivity index (χ3n) is 4.70. The van der Waals surface area contributed by atoms with Gasteiger partial charge in [-0.15, -0.1) is 0 Å². The molecule has 0 amide bonds. The molecule has 0 aliphatic heterocycles. The summed E-state index contributed by atoms with van der Waals surface area (Å²) in [4.78, 5) is 11.9. The zero-order chi connectivity index (χ0) is 20.9. The first-order valence-corrected chi connectivity index (χ1v) is 12.4. The molecule has 0 radical (unpaired) electrons. The third kappa shape index (κ3) is 8.39. The van der Waals surface area contributed by atoms with Crippen LogP contribution < -0.4 is 0 Å². The van der Waals surface area contributed by atoms with Crippen LogP contribution in [0.1, 0.15) is 53.5 Å². The van der Waals surface area contributed by atoms with Crippen LogP contribution in [0.2, 0.25) is 18.1 Å². The van der Waals surface area contributed by atoms with Gasteiger partial charge < -0.3 is 9.16 Å². The molecule has 0 aliphatic carbocycles. The number of halogens is 1. The highest BCUT2D eigenvalue weighted by atomic mass is 28.4. The Hall–Kier alpha value is -1.46. The van der Waals surface area contributed by atoms with Gasteiger partial charge in [0, 0.05) is 6.42 Å². The molecule has 0 aliphatic rings. The van der Waals surface area contributed by atoms with Gasteiger partial charge in [-0.3, -0.25) is 4.79 Å². The van der Waals surface area contributed by atoms with Gasteiger partial charge in [-0.05, 0) is 50.5 Å². The van der Waals surface area contributed by atoms with Gasteiger partial charge in [0.2, 0.25) is 0 Å². The highest BCUT2D eigenvalue weighted by Gasteiger charge is 2.40. The van der Waals surface area contributed by atoms with Crippen LogP contribution in [0.15, 0.2) is 42.2 Å². The zero-order valence-electron chi connectivity index (χ0n) is 18.1. The molecule has 152 valence electrons. The topological polar surface area (TPSA) is 35.5 Å². The Morgan fingerprint density at radius 2 is 1.67 bits per heavy atom. The average molecular weight is 395 g/mol. The summed E-state index contributed by atoms with van der Waals surface area (Å²) in [7, 11) is -2.18. The Kier molecular flexibility index (Phi) is 7.99. The van der Waals surface area contributed by atoms with Crippen molar-refractivity contribution in [2.45, 2.75) is 84.2 Å². The predicted octanol–water partition coefficient (Wildman–Crippen LogP) is 6.20. The second-order valence-corrected chi connectivity index (χ2v) is 14.2. The smallest absolute Gasteiger partial charge is 0.310 e. The molecule has 0 spiro atoms. The lowest BCUT2D eigenvalue weighted by Gasteiger charge is -2.39. The van der Waals surface area contributed by atoms with Gasteiger partial charge in [0.05, 0.1) is 6.42 Å². The van der Waals surface area contributed by atoms with Crippen molar-refractivity contribution in [2.75, 3.05) is 0 Å². The lowest BCUT2D eigenvalue weighted by molar-refractivity contribution is -0.153. The van der Waals surface area contributed by atoms with E-state index in [9.17, 15) is 4.79 Å². The summed E-state index contributed by atoms with van der Waals surface area (Å²) in [6.45, 7) is 16.0. The van der Waals surface area contributed by atoms with Crippen LogP contribution in [0.5, 0.6) is 0 Å². The van der Waals surface area contributed by atoms with Crippen molar-refractivity contribution in [3.05, 3.63) is 47.8 Å². The van der Waals surface area contributed by atoms with Crippen molar-refractivity contribution in [1.82, 2.24) is 0 Å². The van der Waals surface area contributed by atoms with E-state index in [1.54, 1.807) is 20.8 Å². The maximum Gasteiger partial charge on any atom is 0.310 e. The number of esters is 1. The summed E-state index contributed by atoms with van der Waals surface area (Å²) in [6.07, 6.45) is 0.935. The first-order valence-electron chi connectivity index (χ1n) is 9.50. The number of benzene rings is 1. The molecule has 0 saturated carbocycles. The molecule has 3 nitrogen and oxygen atoms in total. The summed E-state index contributed by atoms with van der Waals surface area (Å²) < 4.78 is 26.6. The number of carbonyl (C=O) groups excluding carboxylic acids is 1. The maximum atomic E-state index is 15.0. The lowest BCUT2D eigenvalue weighted by atomic mass is 10.1. The number of hydrogen-bond donors (Lipinski definition) is 0. The van der Waals surface area contributed by atoms with Crippen molar-refractivity contribution in [3.63, 3.8) is 0 Å². The van der Waals surface area contributed by atoms with Crippen LogP contribution >= 0.6 is 0 Å². The summed E-state index contributed by atoms with van der Waals surface area (Å²) >= 11 is 0. The van der Waals surface area contributed by atoms with Crippen LogP contribution in [-0.2, 0) is 20.4 Å². The molecule has 0 N–H and O–H groups in total. The van der Waals surface area contributed by atoms with E-state index in [0.29, 0.717) is 6.42 Å². The average Bonchev–Trinajstić information content (AvgIpc) is 2.50. The molecule has 1 atom stereocenters. The minimum Gasteiger partial charge on any atom is -0.460 e. The van der Waals surface area contributed by atoms with Crippen molar-refractivity contribution in [2.24, 2.45) is 0 Å². The van der Waals surface area contributed by atoms with Crippen molar-refractivity contribution in [3.8, 4) is 0 Å². The van der Waals surface area contributed by atoms with Crippen molar-refractivity contribution < 1.29 is 18.3 Å². The summed E-state index contributed by atoms with van der Waals surface area (Å²) in [5.74, 6) is -0.849. The molecule has 0 aromatic heterocycles. The number of hydrogen-bond acceptors (Lipinski definition) is 3. The van der Waals surface area contributed by atoms with E-state index in [-0.39, 0.29) is 11.5 Å². The van der Waals surface area contributed by atoms with Gasteiger partial charge in [0.25, 0.3) is 0 Å². The Morgan fingerprint density at radius 3 is 2.15 bits per heavy atom. The molecule has 0 saturated heterocycles. The molecule has 1 aromatic carbocycles. The van der Waals surface area contributed by atoms with E-state index in [1.807, 2.05) is 30.3 Å². The SMILES string of the molecule is CC(C)(C)OC(=O)C/C=C(\F)C(Cc1ccccc1)O[Si](C)(C)C(C)(C)C. The summed E-state index contributed by atoms with van der Waals surface area (Å²) in [5.41, 5.74) is 0.421. The van der Waals surface area contributed by atoms with E-state index in [2.05, 4.69) is 33.9 Å². The Balaban J connectivity index is 2.98. The van der Waals surface area contributed by atoms with Gasteiger partial charge >= 0.3 is 5.97 Å². The second kappa shape index (κ2) is 9.15. The molecular formula is C22H35FO3Si. The fourth-order valence-corrected chi connectivity index (χ4v) is 3.51. The van der Waals surface area contributed by atoms with E-state index >= 15 is 4.39 Å². The van der Waals surface area contributed by atoms with E-state index in [4.69, 9.17) is 9.16 Å². The number of ether oxygens (including phenoxy) is 1. The van der Waals surface area contributed by atoms with Crippen LogP contribution in [0.4, 0.5) is 4.39 Å². The lowest BCUT2D eigenvalue weighted by Crippen LogP contribution is -2.44. The molecular weight excluding hydrogens is 359 g/mol. The normalized spacial score (nSPS) is 14.8. The minimum absolute atomic E-state index is 0.0343. The van der Waals surface area contributed by atoms with E-state index in [1.165, 1.54) is 6.08 Å². The van der Waals surface area contributed by atoms with Crippen molar-refractivity contribution in [1.29, 1.82) is 0 Å². The van der Waals surface area contributed by atoms with E-state index < -0.39 is 31.8 Å². The van der Waals surface area contributed by atoms with Gasteiger partial charge in [-0.25, -0.2) is 4.39 Å². The molecule has 1 rings (SSSR count). The fourth-order valence-electron chi connectivity index (χ4n) is 2.25. The summed E-state index contributed by atoms with van der Waals surface area (Å²) in [5, 5.41) is -0.0343. The molecule has 27 heavy (non-hydrogen) atoms. The first-order chi connectivity index (χ1) is 12.2. The van der Waals surface area contributed by atoms with Crippen LogP contribution in [0, 0.1) is 0 Å². The van der Waals surface area contributed by atoms with E-state index in [0.717, 1.165) is 5.56 Å². The Morgan fingerprint density at radius 1 is 1.11 bits per heavy atom.